The maximum atomic E-state index is 12.2. The van der Waals surface area contributed by atoms with Crippen molar-refractivity contribution in [2.24, 2.45) is 5.84 Å². The van der Waals surface area contributed by atoms with Crippen molar-refractivity contribution in [2.75, 3.05) is 13.2 Å². The molecule has 1 heterocycles. The number of benzene rings is 2. The lowest BCUT2D eigenvalue weighted by molar-refractivity contribution is 0.0957. The lowest BCUT2D eigenvalue weighted by atomic mass is 9.98. The molecule has 1 aliphatic rings. The third kappa shape index (κ3) is 4.68. The van der Waals surface area contributed by atoms with E-state index in [1.807, 2.05) is 42.5 Å². The standard InChI is InChI=1S/C24H23N3O3S/c25-27-23(28)22-13-12-16(31-22)7-5-6-14-26-24(29)30-15-21-19-10-3-1-8-17(19)18-9-2-4-11-20(18)21/h1-5,7-13,21H,6,14-15,25H2,(H,26,29)(H,27,28). The Labute approximate surface area is 184 Å². The predicted molar refractivity (Wildman–Crippen MR) is 123 cm³/mol. The molecule has 0 saturated carbocycles. The number of fused-ring (bicyclic) bond motifs is 3. The summed E-state index contributed by atoms with van der Waals surface area (Å²) in [6.45, 7) is 0.769. The van der Waals surface area contributed by atoms with Crippen molar-refractivity contribution in [1.82, 2.24) is 10.7 Å². The third-order valence-electron chi connectivity index (χ3n) is 5.19. The minimum Gasteiger partial charge on any atom is -0.449 e. The Balaban J connectivity index is 1.25. The zero-order valence-electron chi connectivity index (χ0n) is 16.8. The van der Waals surface area contributed by atoms with Crippen molar-refractivity contribution in [1.29, 1.82) is 0 Å². The number of thiophene rings is 1. The number of amides is 2. The van der Waals surface area contributed by atoms with Crippen LogP contribution >= 0.6 is 11.3 Å². The number of carbonyl (C=O) groups is 2. The van der Waals surface area contributed by atoms with Crippen molar-refractivity contribution in [3.63, 3.8) is 0 Å². The highest BCUT2D eigenvalue weighted by atomic mass is 32.1. The fourth-order valence-electron chi connectivity index (χ4n) is 3.74. The van der Waals surface area contributed by atoms with Gasteiger partial charge in [-0.05, 0) is 46.9 Å². The van der Waals surface area contributed by atoms with Crippen molar-refractivity contribution in [3.8, 4) is 11.1 Å². The van der Waals surface area contributed by atoms with Crippen LogP contribution in [0.15, 0.2) is 66.7 Å². The van der Waals surface area contributed by atoms with Gasteiger partial charge < -0.3 is 10.1 Å². The molecule has 1 aliphatic carbocycles. The summed E-state index contributed by atoms with van der Waals surface area (Å²) < 4.78 is 5.52. The van der Waals surface area contributed by atoms with Gasteiger partial charge >= 0.3 is 6.09 Å². The molecule has 158 valence electrons. The maximum Gasteiger partial charge on any atom is 0.407 e. The van der Waals surface area contributed by atoms with Gasteiger partial charge in [0.1, 0.15) is 6.61 Å². The molecular weight excluding hydrogens is 410 g/mol. The minimum absolute atomic E-state index is 0.0526. The van der Waals surface area contributed by atoms with Crippen LogP contribution in [-0.4, -0.2) is 25.2 Å². The molecule has 2 aromatic carbocycles. The first-order valence-corrected chi connectivity index (χ1v) is 10.8. The number of carbonyl (C=O) groups excluding carboxylic acids is 2. The molecule has 0 atom stereocenters. The van der Waals surface area contributed by atoms with E-state index in [4.69, 9.17) is 10.6 Å². The first kappa shape index (κ1) is 20.8. The zero-order valence-corrected chi connectivity index (χ0v) is 17.7. The molecule has 3 aromatic rings. The normalized spacial score (nSPS) is 12.4. The van der Waals surface area contributed by atoms with E-state index in [1.165, 1.54) is 33.6 Å². The quantitative estimate of drug-likeness (QED) is 0.224. The van der Waals surface area contributed by atoms with Crippen LogP contribution in [0.25, 0.3) is 17.2 Å². The Hall–Kier alpha value is -3.42. The second-order valence-electron chi connectivity index (χ2n) is 7.12. The van der Waals surface area contributed by atoms with E-state index in [2.05, 4.69) is 35.0 Å². The summed E-state index contributed by atoms with van der Waals surface area (Å²) in [4.78, 5) is 25.1. The molecule has 4 rings (SSSR count). The molecule has 6 nitrogen and oxygen atoms in total. The van der Waals surface area contributed by atoms with Crippen molar-refractivity contribution >= 4 is 29.4 Å². The second kappa shape index (κ2) is 9.59. The Kier molecular flexibility index (Phi) is 6.45. The highest BCUT2D eigenvalue weighted by Crippen LogP contribution is 2.44. The molecule has 0 aliphatic heterocycles. The van der Waals surface area contributed by atoms with Crippen LogP contribution in [0.5, 0.6) is 0 Å². The van der Waals surface area contributed by atoms with Crippen molar-refractivity contribution in [2.45, 2.75) is 12.3 Å². The smallest absolute Gasteiger partial charge is 0.407 e. The van der Waals surface area contributed by atoms with E-state index in [0.29, 0.717) is 24.4 Å². The van der Waals surface area contributed by atoms with E-state index in [9.17, 15) is 9.59 Å². The minimum atomic E-state index is -0.423. The molecule has 0 fully saturated rings. The fourth-order valence-corrected chi connectivity index (χ4v) is 4.58. The lowest BCUT2D eigenvalue weighted by Gasteiger charge is -2.14. The summed E-state index contributed by atoms with van der Waals surface area (Å²) in [5.74, 6) is 4.88. The van der Waals surface area contributed by atoms with Gasteiger partial charge in [0.05, 0.1) is 4.88 Å². The molecule has 2 amide bonds. The first-order chi connectivity index (χ1) is 15.2. The van der Waals surface area contributed by atoms with Crippen LogP contribution in [0.3, 0.4) is 0 Å². The Morgan fingerprint density at radius 2 is 1.68 bits per heavy atom. The molecule has 4 N–H and O–H groups in total. The number of hydrazine groups is 1. The summed E-state index contributed by atoms with van der Waals surface area (Å²) in [5, 5.41) is 2.78. The molecule has 31 heavy (non-hydrogen) atoms. The largest absolute Gasteiger partial charge is 0.449 e. The summed E-state index contributed by atoms with van der Waals surface area (Å²) >= 11 is 1.35. The number of nitrogen functional groups attached to an aromatic ring is 1. The first-order valence-electron chi connectivity index (χ1n) is 10.0. The van der Waals surface area contributed by atoms with Crippen LogP contribution in [0.1, 0.15) is 38.0 Å². The summed E-state index contributed by atoms with van der Waals surface area (Å²) in [6.07, 6.45) is 4.09. The van der Waals surface area contributed by atoms with Crippen LogP contribution in [0.2, 0.25) is 0 Å². The number of rotatable bonds is 7. The van der Waals surface area contributed by atoms with Gasteiger partial charge in [0.25, 0.3) is 5.91 Å². The van der Waals surface area contributed by atoms with Gasteiger partial charge in [0, 0.05) is 17.3 Å². The number of nitrogens with one attached hydrogen (secondary N) is 2. The van der Waals surface area contributed by atoms with E-state index in [0.717, 1.165) is 4.88 Å². The zero-order chi connectivity index (χ0) is 21.6. The van der Waals surface area contributed by atoms with Crippen molar-refractivity contribution < 1.29 is 14.3 Å². The van der Waals surface area contributed by atoms with Gasteiger partial charge in [0.2, 0.25) is 0 Å². The summed E-state index contributed by atoms with van der Waals surface area (Å²) in [7, 11) is 0. The highest BCUT2D eigenvalue weighted by Gasteiger charge is 2.28. The topological polar surface area (TPSA) is 93.5 Å². The highest BCUT2D eigenvalue weighted by molar-refractivity contribution is 7.14. The lowest BCUT2D eigenvalue weighted by Crippen LogP contribution is -2.29. The maximum absolute atomic E-state index is 12.2. The molecule has 0 bridgehead atoms. The average molecular weight is 434 g/mol. The molecule has 0 spiro atoms. The van der Waals surface area contributed by atoms with Crippen LogP contribution in [0, 0.1) is 0 Å². The molecule has 0 saturated heterocycles. The Morgan fingerprint density at radius 3 is 2.35 bits per heavy atom. The summed E-state index contributed by atoms with van der Waals surface area (Å²) in [6, 6.07) is 20.1. The third-order valence-corrected chi connectivity index (χ3v) is 6.24. The SMILES string of the molecule is NNC(=O)c1ccc(C=CCCNC(=O)OCC2c3ccccc3-c3ccccc32)s1. The molecule has 0 unspecified atom stereocenters. The molecule has 0 radical (unpaired) electrons. The number of hydrogen-bond acceptors (Lipinski definition) is 5. The monoisotopic (exact) mass is 433 g/mol. The van der Waals surface area contributed by atoms with Crippen molar-refractivity contribution in [3.05, 3.63) is 87.6 Å². The second-order valence-corrected chi connectivity index (χ2v) is 8.23. The molecule has 7 heteroatoms. The van der Waals surface area contributed by atoms with E-state index in [1.54, 1.807) is 6.07 Å². The Bertz CT molecular complexity index is 1080. The summed E-state index contributed by atoms with van der Waals surface area (Å²) in [5.41, 5.74) is 6.91. The van der Waals surface area contributed by atoms with Gasteiger partial charge in [-0.3, -0.25) is 10.2 Å². The number of alkyl carbamates (subject to hydrolysis) is 1. The van der Waals surface area contributed by atoms with E-state index in [-0.39, 0.29) is 11.8 Å². The van der Waals surface area contributed by atoms with Gasteiger partial charge in [-0.25, -0.2) is 10.6 Å². The fraction of sp³-hybridized carbons (Fsp3) is 0.167. The van der Waals surface area contributed by atoms with E-state index < -0.39 is 6.09 Å². The van der Waals surface area contributed by atoms with Gasteiger partial charge in [0.15, 0.2) is 0 Å². The molecule has 1 aromatic heterocycles. The Morgan fingerprint density at radius 1 is 1.00 bits per heavy atom. The van der Waals surface area contributed by atoms with Crippen LogP contribution in [0.4, 0.5) is 4.79 Å². The number of nitrogens with two attached hydrogens (primary N) is 1. The number of ether oxygens (including phenoxy) is 1. The van der Waals surface area contributed by atoms with E-state index >= 15 is 0 Å². The van der Waals surface area contributed by atoms with Gasteiger partial charge in [-0.2, -0.15) is 0 Å². The predicted octanol–water partition coefficient (Wildman–Crippen LogP) is 4.29. The van der Waals surface area contributed by atoms with Crippen LogP contribution < -0.4 is 16.6 Å². The molecular formula is C24H23N3O3S. The average Bonchev–Trinajstić information content (AvgIpc) is 3.40. The van der Waals surface area contributed by atoms with Gasteiger partial charge in [-0.1, -0.05) is 54.6 Å². The van der Waals surface area contributed by atoms with Gasteiger partial charge in [-0.15, -0.1) is 11.3 Å². The number of hydrogen-bond donors (Lipinski definition) is 3. The van der Waals surface area contributed by atoms with Crippen LogP contribution in [-0.2, 0) is 4.74 Å².